The van der Waals surface area contributed by atoms with Crippen LogP contribution in [0.3, 0.4) is 0 Å². The molecule has 5 rings (SSSR count). The van der Waals surface area contributed by atoms with Crippen LogP contribution in [0.1, 0.15) is 52.0 Å². The fourth-order valence-corrected chi connectivity index (χ4v) is 5.70. The van der Waals surface area contributed by atoms with E-state index in [-0.39, 0.29) is 24.3 Å². The summed E-state index contributed by atoms with van der Waals surface area (Å²) in [7, 11) is 0. The van der Waals surface area contributed by atoms with Crippen molar-refractivity contribution in [2.24, 2.45) is 0 Å². The van der Waals surface area contributed by atoms with Crippen molar-refractivity contribution in [2.75, 3.05) is 32.8 Å². The van der Waals surface area contributed by atoms with Gasteiger partial charge in [0.25, 0.3) is 11.8 Å². The van der Waals surface area contributed by atoms with Crippen molar-refractivity contribution < 1.29 is 19.1 Å². The minimum atomic E-state index is -0.912. The number of halogens is 1. The molecule has 3 amide bonds. The molecule has 0 bridgehead atoms. The molecule has 7 nitrogen and oxygen atoms in total. The highest BCUT2D eigenvalue weighted by Gasteiger charge is 2.55. The number of hydrogen-bond donors (Lipinski definition) is 0. The molecule has 0 aliphatic carbocycles. The smallest absolute Gasteiger partial charge is 0.257 e. The molecular weight excluding hydrogens is 466 g/mol. The van der Waals surface area contributed by atoms with Gasteiger partial charge in [-0.3, -0.25) is 19.3 Å². The molecule has 35 heavy (non-hydrogen) atoms. The standard InChI is InChI=1S/C27H30ClN3O4/c1-19-7-2-3-10-22(19)25(33)31-23(26(34)29-13-4-5-14-29)18-35-27(31)11-15-30(16-12-27)24(32)20-8-6-9-21(28)17-20/h2-3,6-10,17,23H,4-5,11-16,18H2,1H3. The average Bonchev–Trinajstić information content (AvgIpc) is 3.53. The zero-order valence-corrected chi connectivity index (χ0v) is 20.7. The summed E-state index contributed by atoms with van der Waals surface area (Å²) in [6.45, 7) is 4.37. The van der Waals surface area contributed by atoms with E-state index in [0.717, 1.165) is 31.5 Å². The van der Waals surface area contributed by atoms with Gasteiger partial charge in [-0.25, -0.2) is 0 Å². The Bertz CT molecular complexity index is 1140. The van der Waals surface area contributed by atoms with Gasteiger partial charge >= 0.3 is 0 Å². The quantitative estimate of drug-likeness (QED) is 0.650. The number of rotatable bonds is 3. The third kappa shape index (κ3) is 4.43. The molecule has 8 heteroatoms. The lowest BCUT2D eigenvalue weighted by Crippen LogP contribution is -2.60. The molecule has 0 aromatic heterocycles. The second-order valence-corrected chi connectivity index (χ2v) is 10.0. The largest absolute Gasteiger partial charge is 0.353 e. The Morgan fingerprint density at radius 3 is 2.31 bits per heavy atom. The number of amides is 3. The van der Waals surface area contributed by atoms with Gasteiger partial charge in [0.15, 0.2) is 0 Å². The molecule has 1 unspecified atom stereocenters. The maximum absolute atomic E-state index is 13.9. The number of aryl methyl sites for hydroxylation is 1. The first-order chi connectivity index (χ1) is 16.9. The Morgan fingerprint density at radius 2 is 1.63 bits per heavy atom. The minimum absolute atomic E-state index is 0.0428. The molecule has 3 aliphatic heterocycles. The number of carbonyl (C=O) groups is 3. The van der Waals surface area contributed by atoms with Gasteiger partial charge in [-0.05, 0) is 49.6 Å². The highest BCUT2D eigenvalue weighted by Crippen LogP contribution is 2.39. The summed E-state index contributed by atoms with van der Waals surface area (Å²) < 4.78 is 6.32. The lowest BCUT2D eigenvalue weighted by atomic mass is 9.95. The summed E-state index contributed by atoms with van der Waals surface area (Å²) in [6, 6.07) is 13.7. The molecular formula is C27H30ClN3O4. The van der Waals surface area contributed by atoms with Gasteiger partial charge in [-0.1, -0.05) is 35.9 Å². The molecule has 0 saturated carbocycles. The summed E-state index contributed by atoms with van der Waals surface area (Å²) in [6.07, 6.45) is 2.86. The third-order valence-electron chi connectivity index (χ3n) is 7.46. The fraction of sp³-hybridized carbons (Fsp3) is 0.444. The zero-order valence-electron chi connectivity index (χ0n) is 19.9. The topological polar surface area (TPSA) is 70.2 Å². The van der Waals surface area contributed by atoms with Crippen LogP contribution in [0.25, 0.3) is 0 Å². The first kappa shape index (κ1) is 23.8. The first-order valence-corrected chi connectivity index (χ1v) is 12.6. The second kappa shape index (κ2) is 9.63. The minimum Gasteiger partial charge on any atom is -0.353 e. The van der Waals surface area contributed by atoms with E-state index in [1.54, 1.807) is 40.1 Å². The van der Waals surface area contributed by atoms with Crippen LogP contribution in [0, 0.1) is 6.92 Å². The van der Waals surface area contributed by atoms with E-state index in [9.17, 15) is 14.4 Å². The van der Waals surface area contributed by atoms with Crippen LogP contribution in [-0.4, -0.2) is 77.0 Å². The van der Waals surface area contributed by atoms with E-state index in [1.165, 1.54) is 0 Å². The molecule has 1 atom stereocenters. The van der Waals surface area contributed by atoms with E-state index in [4.69, 9.17) is 16.3 Å². The molecule has 3 heterocycles. The zero-order chi connectivity index (χ0) is 24.6. The van der Waals surface area contributed by atoms with Crippen molar-refractivity contribution in [2.45, 2.75) is 44.4 Å². The van der Waals surface area contributed by atoms with Crippen molar-refractivity contribution >= 4 is 29.3 Å². The number of carbonyl (C=O) groups excluding carboxylic acids is 3. The Morgan fingerprint density at radius 1 is 0.914 bits per heavy atom. The first-order valence-electron chi connectivity index (χ1n) is 12.3. The summed E-state index contributed by atoms with van der Waals surface area (Å²) in [5, 5.41) is 0.515. The lowest BCUT2D eigenvalue weighted by Gasteiger charge is -2.45. The molecule has 1 spiro atoms. The maximum atomic E-state index is 13.9. The number of benzene rings is 2. The predicted molar refractivity (Wildman–Crippen MR) is 132 cm³/mol. The van der Waals surface area contributed by atoms with Gasteiger partial charge < -0.3 is 14.5 Å². The molecule has 3 saturated heterocycles. The Labute approximate surface area is 210 Å². The molecule has 184 valence electrons. The molecule has 0 radical (unpaired) electrons. The van der Waals surface area contributed by atoms with Gasteiger partial charge in [0.05, 0.1) is 6.61 Å². The monoisotopic (exact) mass is 495 g/mol. The van der Waals surface area contributed by atoms with Gasteiger partial charge in [0.2, 0.25) is 5.91 Å². The van der Waals surface area contributed by atoms with Crippen LogP contribution < -0.4 is 0 Å². The number of piperidine rings is 1. The van der Waals surface area contributed by atoms with Crippen molar-refractivity contribution in [3.63, 3.8) is 0 Å². The average molecular weight is 496 g/mol. The van der Waals surface area contributed by atoms with E-state index < -0.39 is 11.8 Å². The van der Waals surface area contributed by atoms with Crippen LogP contribution in [0.2, 0.25) is 5.02 Å². The summed E-state index contributed by atoms with van der Waals surface area (Å²) >= 11 is 6.08. The van der Waals surface area contributed by atoms with Crippen LogP contribution in [0.4, 0.5) is 0 Å². The van der Waals surface area contributed by atoms with Crippen LogP contribution >= 0.6 is 11.6 Å². The van der Waals surface area contributed by atoms with Crippen molar-refractivity contribution in [1.82, 2.24) is 14.7 Å². The van der Waals surface area contributed by atoms with Crippen LogP contribution in [-0.2, 0) is 9.53 Å². The van der Waals surface area contributed by atoms with Gasteiger partial charge in [-0.15, -0.1) is 0 Å². The second-order valence-electron chi connectivity index (χ2n) is 9.60. The van der Waals surface area contributed by atoms with Crippen molar-refractivity contribution in [1.29, 1.82) is 0 Å². The highest BCUT2D eigenvalue weighted by atomic mass is 35.5. The van der Waals surface area contributed by atoms with Gasteiger partial charge in [0, 0.05) is 55.2 Å². The SMILES string of the molecule is Cc1ccccc1C(=O)N1C(C(=O)N2CCCC2)COC12CCN(C(=O)c1cccc(Cl)c1)CC2. The van der Waals surface area contributed by atoms with Gasteiger partial charge in [0.1, 0.15) is 11.8 Å². The molecule has 3 fully saturated rings. The molecule has 2 aromatic rings. The fourth-order valence-electron chi connectivity index (χ4n) is 5.51. The van der Waals surface area contributed by atoms with Crippen LogP contribution in [0.5, 0.6) is 0 Å². The number of likely N-dealkylation sites (tertiary alicyclic amines) is 2. The van der Waals surface area contributed by atoms with Crippen LogP contribution in [0.15, 0.2) is 48.5 Å². The predicted octanol–water partition coefficient (Wildman–Crippen LogP) is 3.74. The number of hydrogen-bond acceptors (Lipinski definition) is 4. The molecule has 2 aromatic carbocycles. The Kier molecular flexibility index (Phi) is 6.55. The maximum Gasteiger partial charge on any atom is 0.257 e. The van der Waals surface area contributed by atoms with E-state index in [2.05, 4.69) is 0 Å². The summed E-state index contributed by atoms with van der Waals surface area (Å²) in [5.41, 5.74) is 1.06. The Hall–Kier alpha value is -2.90. The normalized spacial score (nSPS) is 21.5. The number of ether oxygens (including phenoxy) is 1. The Balaban J connectivity index is 1.41. The molecule has 3 aliphatic rings. The van der Waals surface area contributed by atoms with E-state index in [0.29, 0.717) is 42.1 Å². The highest BCUT2D eigenvalue weighted by molar-refractivity contribution is 6.30. The van der Waals surface area contributed by atoms with Crippen molar-refractivity contribution in [3.05, 3.63) is 70.2 Å². The van der Waals surface area contributed by atoms with E-state index >= 15 is 0 Å². The van der Waals surface area contributed by atoms with E-state index in [1.807, 2.05) is 30.0 Å². The van der Waals surface area contributed by atoms with Gasteiger partial charge in [-0.2, -0.15) is 0 Å². The summed E-state index contributed by atoms with van der Waals surface area (Å²) in [4.78, 5) is 45.8. The third-order valence-corrected chi connectivity index (χ3v) is 7.70. The summed E-state index contributed by atoms with van der Waals surface area (Å²) in [5.74, 6) is -0.326. The molecule has 0 N–H and O–H groups in total. The lowest BCUT2D eigenvalue weighted by molar-refractivity contribution is -0.136. The van der Waals surface area contributed by atoms with Crippen molar-refractivity contribution in [3.8, 4) is 0 Å². The number of nitrogens with zero attached hydrogens (tertiary/aromatic N) is 3.